The van der Waals surface area contributed by atoms with Crippen LogP contribution in [0.2, 0.25) is 0 Å². The van der Waals surface area contributed by atoms with Crippen molar-refractivity contribution in [3.8, 4) is 5.88 Å². The number of ether oxygens (including phenoxy) is 1. The predicted molar refractivity (Wildman–Crippen MR) is 85.3 cm³/mol. The van der Waals surface area contributed by atoms with Crippen molar-refractivity contribution in [2.24, 2.45) is 7.05 Å². The van der Waals surface area contributed by atoms with Crippen LogP contribution in [0.5, 0.6) is 5.88 Å². The number of methoxy groups -OCH3 is 1. The summed E-state index contributed by atoms with van der Waals surface area (Å²) in [4.78, 5) is 6.92. The highest BCUT2D eigenvalue weighted by Crippen LogP contribution is 2.42. The molecule has 7 nitrogen and oxygen atoms in total. The molecule has 3 heterocycles. The summed E-state index contributed by atoms with van der Waals surface area (Å²) in [7, 11) is 3.62. The van der Waals surface area contributed by atoms with Gasteiger partial charge in [-0.1, -0.05) is 12.1 Å². The fourth-order valence-electron chi connectivity index (χ4n) is 3.56. The van der Waals surface area contributed by atoms with Gasteiger partial charge in [0.1, 0.15) is 0 Å². The molecule has 1 aliphatic rings. The molecule has 0 amide bonds. The van der Waals surface area contributed by atoms with E-state index in [4.69, 9.17) is 9.26 Å². The van der Waals surface area contributed by atoms with Crippen molar-refractivity contribution in [1.29, 1.82) is 0 Å². The van der Waals surface area contributed by atoms with Crippen molar-refractivity contribution >= 4 is 0 Å². The zero-order valence-electron chi connectivity index (χ0n) is 14.5. The van der Waals surface area contributed by atoms with E-state index in [-0.39, 0.29) is 12.1 Å². The summed E-state index contributed by atoms with van der Waals surface area (Å²) < 4.78 is 12.9. The summed E-state index contributed by atoms with van der Waals surface area (Å²) in [6.45, 7) is 7.21. The Morgan fingerprint density at radius 1 is 1.43 bits per heavy atom. The lowest BCUT2D eigenvalue weighted by Gasteiger charge is -2.28. The second kappa shape index (κ2) is 6.31. The minimum absolute atomic E-state index is 0.0830. The van der Waals surface area contributed by atoms with Gasteiger partial charge in [0.05, 0.1) is 24.4 Å². The van der Waals surface area contributed by atoms with Gasteiger partial charge in [-0.3, -0.25) is 4.90 Å². The number of nitrogens with zero attached hydrogens (tertiary/aromatic N) is 5. The van der Waals surface area contributed by atoms with Crippen LogP contribution in [0, 0.1) is 6.92 Å². The molecule has 2 aromatic rings. The standard InChI is InChI=1S/C16H25N5O2/c1-6-13-17-15(23-19-13)11(3)21-9-7-8-12(21)14-10(2)18-20(4)16(14)22-5/h11-12H,6-9H2,1-5H3/t11-,12-/m0/s1. The molecule has 0 aliphatic carbocycles. The number of rotatable bonds is 5. The molecule has 126 valence electrons. The summed E-state index contributed by atoms with van der Waals surface area (Å²) in [5.74, 6) is 2.29. The topological polar surface area (TPSA) is 69.2 Å². The Kier molecular flexibility index (Phi) is 4.39. The number of hydrogen-bond acceptors (Lipinski definition) is 6. The molecule has 0 bridgehead atoms. The van der Waals surface area contributed by atoms with Crippen molar-refractivity contribution in [3.63, 3.8) is 0 Å². The molecule has 7 heteroatoms. The van der Waals surface area contributed by atoms with E-state index < -0.39 is 0 Å². The lowest BCUT2D eigenvalue weighted by atomic mass is 10.0. The van der Waals surface area contributed by atoms with Crippen LogP contribution < -0.4 is 4.74 Å². The molecule has 1 aliphatic heterocycles. The van der Waals surface area contributed by atoms with Crippen molar-refractivity contribution in [2.45, 2.75) is 52.1 Å². The molecule has 1 saturated heterocycles. The smallest absolute Gasteiger partial charge is 0.243 e. The molecular weight excluding hydrogens is 294 g/mol. The molecule has 0 aromatic carbocycles. The first kappa shape index (κ1) is 16.0. The van der Waals surface area contributed by atoms with Crippen molar-refractivity contribution in [2.75, 3.05) is 13.7 Å². The Labute approximate surface area is 136 Å². The summed E-state index contributed by atoms with van der Waals surface area (Å²) >= 11 is 0. The van der Waals surface area contributed by atoms with Gasteiger partial charge < -0.3 is 9.26 Å². The van der Waals surface area contributed by atoms with Gasteiger partial charge in [-0.05, 0) is 33.2 Å². The predicted octanol–water partition coefficient (Wildman–Crippen LogP) is 2.58. The average molecular weight is 319 g/mol. The Balaban J connectivity index is 1.91. The number of hydrogen-bond donors (Lipinski definition) is 0. The monoisotopic (exact) mass is 319 g/mol. The molecule has 0 radical (unpaired) electrons. The Hall–Kier alpha value is -1.89. The third kappa shape index (κ3) is 2.73. The summed E-state index contributed by atoms with van der Waals surface area (Å²) in [5.41, 5.74) is 2.20. The molecular formula is C16H25N5O2. The van der Waals surface area contributed by atoms with E-state index in [1.165, 1.54) is 5.56 Å². The fourth-order valence-corrected chi connectivity index (χ4v) is 3.56. The number of aryl methyl sites for hydroxylation is 3. The van der Waals surface area contributed by atoms with Gasteiger partial charge >= 0.3 is 0 Å². The van der Waals surface area contributed by atoms with Gasteiger partial charge in [-0.25, -0.2) is 4.68 Å². The third-order valence-electron chi connectivity index (χ3n) is 4.69. The zero-order valence-corrected chi connectivity index (χ0v) is 14.5. The van der Waals surface area contributed by atoms with E-state index in [0.717, 1.165) is 43.2 Å². The Morgan fingerprint density at radius 3 is 2.87 bits per heavy atom. The largest absolute Gasteiger partial charge is 0.481 e. The molecule has 3 rings (SSSR count). The van der Waals surface area contributed by atoms with Crippen molar-refractivity contribution < 1.29 is 9.26 Å². The molecule has 1 fully saturated rings. The summed E-state index contributed by atoms with van der Waals surface area (Å²) in [6, 6.07) is 0.352. The van der Waals surface area contributed by atoms with E-state index >= 15 is 0 Å². The molecule has 2 aromatic heterocycles. The molecule has 0 saturated carbocycles. The van der Waals surface area contributed by atoms with Crippen LogP contribution in [-0.2, 0) is 13.5 Å². The maximum atomic E-state index is 5.59. The average Bonchev–Trinajstić information content (AvgIpc) is 3.24. The van der Waals surface area contributed by atoms with E-state index in [1.807, 2.05) is 25.6 Å². The van der Waals surface area contributed by atoms with Crippen molar-refractivity contribution in [3.05, 3.63) is 23.0 Å². The van der Waals surface area contributed by atoms with Gasteiger partial charge in [-0.15, -0.1) is 0 Å². The van der Waals surface area contributed by atoms with Crippen LogP contribution in [-0.4, -0.2) is 38.5 Å². The number of likely N-dealkylation sites (tertiary alicyclic amines) is 1. The van der Waals surface area contributed by atoms with E-state index in [9.17, 15) is 0 Å². The van der Waals surface area contributed by atoms with E-state index in [1.54, 1.807) is 7.11 Å². The molecule has 0 unspecified atom stereocenters. The quantitative estimate of drug-likeness (QED) is 0.843. The van der Waals surface area contributed by atoms with Gasteiger partial charge in [0, 0.05) is 19.5 Å². The van der Waals surface area contributed by atoms with Crippen LogP contribution in [0.25, 0.3) is 0 Å². The summed E-state index contributed by atoms with van der Waals surface area (Å²) in [5, 5.41) is 8.55. The van der Waals surface area contributed by atoms with E-state index in [2.05, 4.69) is 27.1 Å². The van der Waals surface area contributed by atoms with Gasteiger partial charge in [-0.2, -0.15) is 10.1 Å². The Bertz CT molecular complexity index is 678. The first-order valence-electron chi connectivity index (χ1n) is 8.22. The molecule has 0 spiro atoms. The number of aromatic nitrogens is 4. The highest BCUT2D eigenvalue weighted by molar-refractivity contribution is 5.35. The minimum Gasteiger partial charge on any atom is -0.481 e. The maximum absolute atomic E-state index is 5.59. The fraction of sp³-hybridized carbons (Fsp3) is 0.688. The molecule has 0 N–H and O–H groups in total. The van der Waals surface area contributed by atoms with Gasteiger partial charge in [0.15, 0.2) is 5.82 Å². The highest BCUT2D eigenvalue weighted by Gasteiger charge is 2.36. The van der Waals surface area contributed by atoms with E-state index in [0.29, 0.717) is 5.89 Å². The third-order valence-corrected chi connectivity index (χ3v) is 4.69. The molecule has 23 heavy (non-hydrogen) atoms. The highest BCUT2D eigenvalue weighted by atomic mass is 16.5. The van der Waals surface area contributed by atoms with Crippen LogP contribution in [0.4, 0.5) is 0 Å². The van der Waals surface area contributed by atoms with Crippen LogP contribution >= 0.6 is 0 Å². The normalized spacial score (nSPS) is 20.1. The van der Waals surface area contributed by atoms with Crippen LogP contribution in [0.3, 0.4) is 0 Å². The minimum atomic E-state index is 0.0830. The maximum Gasteiger partial charge on any atom is 0.243 e. The van der Waals surface area contributed by atoms with Crippen LogP contribution in [0.1, 0.15) is 61.7 Å². The lowest BCUT2D eigenvalue weighted by Crippen LogP contribution is -2.27. The molecule has 2 atom stereocenters. The van der Waals surface area contributed by atoms with Gasteiger partial charge in [0.2, 0.25) is 11.8 Å². The second-order valence-corrected chi connectivity index (χ2v) is 6.11. The first-order valence-corrected chi connectivity index (χ1v) is 8.22. The SMILES string of the molecule is CCc1noc([C@H](C)N2CCC[C@H]2c2c(C)nn(C)c2OC)n1. The van der Waals surface area contributed by atoms with Crippen LogP contribution in [0.15, 0.2) is 4.52 Å². The van der Waals surface area contributed by atoms with Crippen molar-refractivity contribution in [1.82, 2.24) is 24.8 Å². The van der Waals surface area contributed by atoms with Gasteiger partial charge in [0.25, 0.3) is 0 Å². The Morgan fingerprint density at radius 2 is 2.22 bits per heavy atom. The lowest BCUT2D eigenvalue weighted by molar-refractivity contribution is 0.156. The summed E-state index contributed by atoms with van der Waals surface area (Å²) in [6.07, 6.45) is 3.01. The first-order chi connectivity index (χ1) is 11.1. The zero-order chi connectivity index (χ0) is 16.6. The second-order valence-electron chi connectivity index (χ2n) is 6.11.